The molecular weight excluding hydrogens is 480 g/mol. The van der Waals surface area contributed by atoms with Gasteiger partial charge in [-0.2, -0.15) is 9.78 Å². The average Bonchev–Trinajstić information content (AvgIpc) is 3.52. The zero-order valence-electron chi connectivity index (χ0n) is 19.7. The Morgan fingerprint density at radius 3 is 2.86 bits per heavy atom. The van der Waals surface area contributed by atoms with E-state index in [0.29, 0.717) is 17.0 Å². The van der Waals surface area contributed by atoms with Gasteiger partial charge in [-0.05, 0) is 41.7 Å². The Bertz CT molecular complexity index is 1510. The number of para-hydroxylation sites is 1. The lowest BCUT2D eigenvalue weighted by Gasteiger charge is -2.31. The molecule has 2 aromatic carbocycles. The molecule has 0 fully saturated rings. The normalized spacial score (nSPS) is 13.3. The summed E-state index contributed by atoms with van der Waals surface area (Å²) in [4.78, 5) is 25.9. The summed E-state index contributed by atoms with van der Waals surface area (Å²) < 4.78 is 6.06. The van der Waals surface area contributed by atoms with Gasteiger partial charge in [-0.25, -0.2) is 10.1 Å². The number of hydrogen-bond acceptors (Lipinski definition) is 11. The number of nitro benzene ring substituents is 1. The first kappa shape index (κ1) is 23.6. The number of nitrogen functional groups attached to an aromatic ring is 1. The third kappa shape index (κ3) is 4.71. The molecule has 3 heterocycles. The van der Waals surface area contributed by atoms with Gasteiger partial charge in [-0.1, -0.05) is 35.5 Å². The number of anilines is 2. The highest BCUT2D eigenvalue weighted by molar-refractivity contribution is 6.01. The number of rotatable bonds is 7. The number of aryl methyl sites for hydroxylation is 1. The second-order valence-corrected chi connectivity index (χ2v) is 8.37. The highest BCUT2D eigenvalue weighted by atomic mass is 16.6. The molecule has 3 N–H and O–H groups in total. The summed E-state index contributed by atoms with van der Waals surface area (Å²) in [5.74, 6) is -0.508. The fourth-order valence-corrected chi connectivity index (χ4v) is 4.18. The van der Waals surface area contributed by atoms with E-state index in [1.165, 1.54) is 22.4 Å². The molecular formula is C23H22N10O4. The summed E-state index contributed by atoms with van der Waals surface area (Å²) in [5.41, 5.74) is 11.8. The molecule has 0 bridgehead atoms. The summed E-state index contributed by atoms with van der Waals surface area (Å²) in [6.07, 6.45) is 1.91. The molecule has 1 amide bonds. The van der Waals surface area contributed by atoms with E-state index < -0.39 is 10.8 Å². The van der Waals surface area contributed by atoms with Gasteiger partial charge >= 0.3 is 0 Å². The molecule has 2 aromatic heterocycles. The number of benzene rings is 2. The van der Waals surface area contributed by atoms with Gasteiger partial charge in [0.25, 0.3) is 11.6 Å². The molecule has 37 heavy (non-hydrogen) atoms. The van der Waals surface area contributed by atoms with Crippen molar-refractivity contribution in [2.45, 2.75) is 26.3 Å². The molecule has 4 aromatic rings. The van der Waals surface area contributed by atoms with Crippen molar-refractivity contribution in [2.24, 2.45) is 5.10 Å². The molecule has 1 aliphatic heterocycles. The van der Waals surface area contributed by atoms with Crippen molar-refractivity contribution in [2.75, 3.05) is 17.2 Å². The first-order chi connectivity index (χ1) is 17.9. The number of hydrazone groups is 1. The summed E-state index contributed by atoms with van der Waals surface area (Å²) in [5, 5.41) is 30.8. The Morgan fingerprint density at radius 1 is 1.24 bits per heavy atom. The Hall–Kier alpha value is -5.14. The van der Waals surface area contributed by atoms with E-state index in [1.807, 2.05) is 18.2 Å². The fourth-order valence-electron chi connectivity index (χ4n) is 4.18. The summed E-state index contributed by atoms with van der Waals surface area (Å²) in [6.45, 7) is 2.68. The van der Waals surface area contributed by atoms with Crippen molar-refractivity contribution in [3.8, 4) is 5.82 Å². The smallest absolute Gasteiger partial charge is 0.293 e. The number of aromatic nitrogens is 5. The number of nitrogens with one attached hydrogen (secondary N) is 1. The predicted molar refractivity (Wildman–Crippen MR) is 132 cm³/mol. The van der Waals surface area contributed by atoms with Crippen LogP contribution < -0.4 is 16.1 Å². The van der Waals surface area contributed by atoms with Crippen LogP contribution in [0.5, 0.6) is 0 Å². The van der Waals surface area contributed by atoms with Gasteiger partial charge in [0.1, 0.15) is 0 Å². The maximum Gasteiger partial charge on any atom is 0.293 e. The third-order valence-electron chi connectivity index (χ3n) is 6.02. The van der Waals surface area contributed by atoms with E-state index in [9.17, 15) is 14.9 Å². The van der Waals surface area contributed by atoms with Crippen LogP contribution in [0.4, 0.5) is 17.2 Å². The molecule has 0 unspecified atom stereocenters. The van der Waals surface area contributed by atoms with Gasteiger partial charge in [0.2, 0.25) is 11.6 Å². The largest absolute Gasteiger partial charge is 0.378 e. The molecule has 14 nitrogen and oxygen atoms in total. The number of nitrogens with zero attached hydrogens (tertiary/aromatic N) is 8. The minimum Gasteiger partial charge on any atom is -0.378 e. The van der Waals surface area contributed by atoms with Crippen LogP contribution in [0.15, 0.2) is 58.3 Å². The van der Waals surface area contributed by atoms with Gasteiger partial charge in [-0.15, -0.1) is 5.10 Å². The van der Waals surface area contributed by atoms with Crippen LogP contribution in [0.1, 0.15) is 40.7 Å². The zero-order valence-corrected chi connectivity index (χ0v) is 19.7. The average molecular weight is 502 g/mol. The highest BCUT2D eigenvalue weighted by Crippen LogP contribution is 2.29. The van der Waals surface area contributed by atoms with E-state index in [-0.39, 0.29) is 29.6 Å². The van der Waals surface area contributed by atoms with Crippen LogP contribution in [0, 0.1) is 10.1 Å². The number of carbonyl (C=O) groups excluding carboxylic acids is 1. The maximum absolute atomic E-state index is 13.2. The lowest BCUT2D eigenvalue weighted by Crippen LogP contribution is -2.31. The van der Waals surface area contributed by atoms with Crippen molar-refractivity contribution in [3.63, 3.8) is 0 Å². The topological polar surface area (TPSA) is 183 Å². The van der Waals surface area contributed by atoms with Crippen LogP contribution in [0.2, 0.25) is 0 Å². The minimum atomic E-state index is -0.619. The van der Waals surface area contributed by atoms with E-state index in [2.05, 4.69) is 42.1 Å². The SMILES string of the molecule is CC(=NNC(=O)c1nnn(-c2nonc2N)c1CN1CCCc2ccccc21)c1cccc([N+](=O)[O-])c1. The minimum absolute atomic E-state index is 0.00307. The molecule has 188 valence electrons. The molecule has 5 rings (SSSR count). The highest BCUT2D eigenvalue weighted by Gasteiger charge is 2.27. The molecule has 0 spiro atoms. The van der Waals surface area contributed by atoms with Gasteiger partial charge in [0, 0.05) is 29.9 Å². The molecule has 0 aliphatic carbocycles. The maximum atomic E-state index is 13.2. The van der Waals surface area contributed by atoms with Crippen LogP contribution in [0.25, 0.3) is 5.82 Å². The second kappa shape index (κ2) is 9.85. The van der Waals surface area contributed by atoms with E-state index in [4.69, 9.17) is 10.4 Å². The van der Waals surface area contributed by atoms with Crippen LogP contribution in [-0.4, -0.2) is 48.4 Å². The van der Waals surface area contributed by atoms with Crippen molar-refractivity contribution in [1.29, 1.82) is 0 Å². The quantitative estimate of drug-likeness (QED) is 0.216. The molecule has 14 heteroatoms. The van der Waals surface area contributed by atoms with Crippen molar-refractivity contribution in [3.05, 3.63) is 81.2 Å². The summed E-state index contributed by atoms with van der Waals surface area (Å²) in [6, 6.07) is 14.0. The lowest BCUT2D eigenvalue weighted by molar-refractivity contribution is -0.384. The summed E-state index contributed by atoms with van der Waals surface area (Å²) >= 11 is 0. The lowest BCUT2D eigenvalue weighted by atomic mass is 10.0. The number of fused-ring (bicyclic) bond motifs is 1. The van der Waals surface area contributed by atoms with Crippen LogP contribution >= 0.6 is 0 Å². The Morgan fingerprint density at radius 2 is 2.08 bits per heavy atom. The predicted octanol–water partition coefficient (Wildman–Crippen LogP) is 2.25. The van der Waals surface area contributed by atoms with E-state index in [1.54, 1.807) is 19.1 Å². The Labute approximate surface area is 209 Å². The molecule has 0 saturated carbocycles. The van der Waals surface area contributed by atoms with Crippen molar-refractivity contribution in [1.82, 2.24) is 30.7 Å². The number of nitrogens with two attached hydrogens (primary N) is 1. The number of hydrogen-bond donors (Lipinski definition) is 2. The number of amides is 1. The standard InChI is InChI=1S/C23H22N10O4/c1-14(16-7-4-9-17(12-16)33(35)36)25-27-23(34)20-19(32(30-26-20)22-21(24)28-37-29-22)13-31-11-5-8-15-6-2-3-10-18(15)31/h2-4,6-7,9-10,12H,5,8,11,13H2,1H3,(H2,24,28)(H,27,34). The first-order valence-electron chi connectivity index (χ1n) is 11.4. The van der Waals surface area contributed by atoms with Crippen LogP contribution in [-0.2, 0) is 13.0 Å². The number of carbonyl (C=O) groups is 1. The van der Waals surface area contributed by atoms with E-state index >= 15 is 0 Å². The molecule has 0 radical (unpaired) electrons. The van der Waals surface area contributed by atoms with Gasteiger partial charge in [0.05, 0.1) is 22.9 Å². The van der Waals surface area contributed by atoms with Gasteiger partial charge < -0.3 is 10.6 Å². The van der Waals surface area contributed by atoms with E-state index in [0.717, 1.165) is 25.1 Å². The monoisotopic (exact) mass is 502 g/mol. The fraction of sp³-hybridized carbons (Fsp3) is 0.217. The van der Waals surface area contributed by atoms with Gasteiger partial charge in [0.15, 0.2) is 5.69 Å². The van der Waals surface area contributed by atoms with Crippen LogP contribution in [0.3, 0.4) is 0 Å². The molecule has 0 saturated heterocycles. The van der Waals surface area contributed by atoms with Crippen molar-refractivity contribution >= 4 is 28.8 Å². The Balaban J connectivity index is 1.46. The molecule has 0 atom stereocenters. The number of non-ortho nitro benzene ring substituents is 1. The first-order valence-corrected chi connectivity index (χ1v) is 11.4. The third-order valence-corrected chi connectivity index (χ3v) is 6.02. The Kier molecular flexibility index (Phi) is 6.28. The molecule has 1 aliphatic rings. The number of nitro groups is 1. The van der Waals surface area contributed by atoms with Gasteiger partial charge in [-0.3, -0.25) is 14.9 Å². The zero-order chi connectivity index (χ0) is 25.9. The van der Waals surface area contributed by atoms with Crippen molar-refractivity contribution < 1.29 is 14.3 Å². The second-order valence-electron chi connectivity index (χ2n) is 8.37. The summed E-state index contributed by atoms with van der Waals surface area (Å²) in [7, 11) is 0.